The Bertz CT molecular complexity index is 1830. The lowest BCUT2D eigenvalue weighted by Gasteiger charge is -2.12. The van der Waals surface area contributed by atoms with Crippen LogP contribution in [0.3, 0.4) is 0 Å². The number of imidazole rings is 1. The van der Waals surface area contributed by atoms with Crippen molar-refractivity contribution in [1.29, 1.82) is 5.26 Å². The fourth-order valence-corrected chi connectivity index (χ4v) is 4.54. The first-order valence-electron chi connectivity index (χ1n) is 13.1. The van der Waals surface area contributed by atoms with Gasteiger partial charge in [-0.3, -0.25) is 9.36 Å². The van der Waals surface area contributed by atoms with Crippen molar-refractivity contribution in [1.82, 2.24) is 19.1 Å². The van der Waals surface area contributed by atoms with E-state index in [2.05, 4.69) is 4.98 Å². The molecule has 0 aliphatic carbocycles. The largest absolute Gasteiger partial charge is 0.456 e. The van der Waals surface area contributed by atoms with Crippen molar-refractivity contribution in [2.75, 3.05) is 20.8 Å². The van der Waals surface area contributed by atoms with Crippen molar-refractivity contribution in [2.24, 2.45) is 0 Å². The summed E-state index contributed by atoms with van der Waals surface area (Å²) in [5.74, 6) is 0.507. The fraction of sp³-hybridized carbons (Fsp3) is 0.226. The van der Waals surface area contributed by atoms with Crippen LogP contribution in [0.5, 0.6) is 5.88 Å². The van der Waals surface area contributed by atoms with Crippen LogP contribution in [-0.2, 0) is 29.2 Å². The molecule has 5 aromatic rings. The Morgan fingerprint density at radius 2 is 1.93 bits per heavy atom. The second kappa shape index (κ2) is 12.7. The molecule has 0 amide bonds. The van der Waals surface area contributed by atoms with Crippen molar-refractivity contribution < 1.29 is 23.7 Å². The van der Waals surface area contributed by atoms with Gasteiger partial charge >= 0.3 is 0 Å². The molecular weight excluding hydrogens is 541 g/mol. The van der Waals surface area contributed by atoms with Gasteiger partial charge in [0.25, 0.3) is 5.56 Å². The van der Waals surface area contributed by atoms with E-state index < -0.39 is 12.1 Å². The number of nitriles is 1. The van der Waals surface area contributed by atoms with Gasteiger partial charge in [0.05, 0.1) is 35.0 Å². The minimum Gasteiger partial charge on any atom is -0.456 e. The Hall–Kier alpha value is -4.89. The summed E-state index contributed by atoms with van der Waals surface area (Å²) >= 11 is 0. The standard InChI is InChI=1S/C31H28FN5O5/c1-40-13-12-37-27-16-23(31(39)41-2)8-9-26(27)34-28(37)17-21-6-7-22(15-24(21)32)25-4-3-5-29(35-25)42-19-36-11-10-20(18-33)14-30(36)38/h3-11,14-16,31,39H,12-13,17,19H2,1-2H3. The number of pyridine rings is 2. The number of fused-ring (bicyclic) bond motifs is 1. The van der Waals surface area contributed by atoms with Gasteiger partial charge in [-0.05, 0) is 35.9 Å². The van der Waals surface area contributed by atoms with Crippen LogP contribution >= 0.6 is 0 Å². The first kappa shape index (κ1) is 28.6. The molecule has 0 radical (unpaired) electrons. The SMILES string of the molecule is COCCn1c(Cc2ccc(-c3cccc(OCn4ccc(C#N)cc4=O)n3)cc2F)nc2ccc(C(O)OC)cc21. The smallest absolute Gasteiger partial charge is 0.254 e. The molecule has 11 heteroatoms. The molecule has 0 saturated carbocycles. The van der Waals surface area contributed by atoms with Gasteiger partial charge in [0.15, 0.2) is 13.0 Å². The number of hydrogen-bond donors (Lipinski definition) is 1. The molecule has 0 fully saturated rings. The molecule has 2 aromatic carbocycles. The molecule has 0 bridgehead atoms. The third kappa shape index (κ3) is 6.21. The second-order valence-electron chi connectivity index (χ2n) is 9.46. The molecule has 214 valence electrons. The maximum Gasteiger partial charge on any atom is 0.254 e. The topological polar surface area (TPSA) is 124 Å². The van der Waals surface area contributed by atoms with Crippen molar-refractivity contribution in [2.45, 2.75) is 26.0 Å². The van der Waals surface area contributed by atoms with Crippen molar-refractivity contribution in [3.8, 4) is 23.2 Å². The molecule has 5 rings (SSSR count). The highest BCUT2D eigenvalue weighted by atomic mass is 19.1. The minimum atomic E-state index is -1.06. The zero-order chi connectivity index (χ0) is 29.6. The number of aliphatic hydroxyl groups excluding tert-OH is 1. The lowest BCUT2D eigenvalue weighted by atomic mass is 10.1. The molecule has 1 atom stereocenters. The summed E-state index contributed by atoms with van der Waals surface area (Å²) in [6.07, 6.45) is 0.650. The van der Waals surface area contributed by atoms with Crippen LogP contribution in [0, 0.1) is 17.1 Å². The second-order valence-corrected chi connectivity index (χ2v) is 9.46. The molecule has 0 aliphatic heterocycles. The number of aliphatic hydroxyl groups is 1. The Labute approximate surface area is 240 Å². The average molecular weight is 570 g/mol. The number of hydrogen-bond acceptors (Lipinski definition) is 8. The number of halogens is 1. The summed E-state index contributed by atoms with van der Waals surface area (Å²) in [5.41, 5.74) is 3.51. The van der Waals surface area contributed by atoms with E-state index >= 15 is 4.39 Å². The Morgan fingerprint density at radius 1 is 1.07 bits per heavy atom. The number of benzene rings is 2. The van der Waals surface area contributed by atoms with Gasteiger partial charge in [-0.15, -0.1) is 0 Å². The molecule has 3 aromatic heterocycles. The van der Waals surface area contributed by atoms with E-state index in [-0.39, 0.29) is 30.2 Å². The molecule has 1 unspecified atom stereocenters. The predicted molar refractivity (Wildman–Crippen MR) is 152 cm³/mol. The quantitative estimate of drug-likeness (QED) is 0.235. The molecule has 0 aliphatic rings. The van der Waals surface area contributed by atoms with Gasteiger partial charge in [-0.1, -0.05) is 24.3 Å². The molecular formula is C31H28FN5O5. The summed E-state index contributed by atoms with van der Waals surface area (Å²) < 4.78 is 34.7. The fourth-order valence-electron chi connectivity index (χ4n) is 4.54. The van der Waals surface area contributed by atoms with Crippen molar-refractivity contribution in [3.05, 3.63) is 112 Å². The Morgan fingerprint density at radius 3 is 2.67 bits per heavy atom. The third-order valence-corrected chi connectivity index (χ3v) is 6.78. The lowest BCUT2D eigenvalue weighted by molar-refractivity contribution is -0.0768. The van der Waals surface area contributed by atoms with Gasteiger partial charge in [-0.2, -0.15) is 5.26 Å². The minimum absolute atomic E-state index is 0.0930. The van der Waals surface area contributed by atoms with Crippen LogP contribution in [0.4, 0.5) is 4.39 Å². The monoisotopic (exact) mass is 569 g/mol. The molecule has 3 heterocycles. The number of rotatable bonds is 11. The number of methoxy groups -OCH3 is 2. The zero-order valence-corrected chi connectivity index (χ0v) is 23.0. The Balaban J connectivity index is 1.37. The van der Waals surface area contributed by atoms with Crippen molar-refractivity contribution >= 4 is 11.0 Å². The van der Waals surface area contributed by atoms with E-state index in [1.807, 2.05) is 16.7 Å². The first-order chi connectivity index (χ1) is 20.4. The summed E-state index contributed by atoms with van der Waals surface area (Å²) in [6, 6.07) is 20.1. The van der Waals surface area contributed by atoms with Crippen LogP contribution in [0.1, 0.15) is 28.8 Å². The maximum absolute atomic E-state index is 15.4. The first-order valence-corrected chi connectivity index (χ1v) is 13.1. The van der Waals surface area contributed by atoms with E-state index in [1.165, 1.54) is 36.1 Å². The molecule has 10 nitrogen and oxygen atoms in total. The van der Waals surface area contributed by atoms with E-state index in [1.54, 1.807) is 49.6 Å². The van der Waals surface area contributed by atoms with Crippen LogP contribution in [0.25, 0.3) is 22.3 Å². The summed E-state index contributed by atoms with van der Waals surface area (Å²) in [4.78, 5) is 21.3. The maximum atomic E-state index is 15.4. The van der Waals surface area contributed by atoms with Crippen molar-refractivity contribution in [3.63, 3.8) is 0 Å². The van der Waals surface area contributed by atoms with Gasteiger partial charge in [-0.25, -0.2) is 14.4 Å². The normalized spacial score (nSPS) is 11.9. The molecule has 0 saturated heterocycles. The average Bonchev–Trinajstić information content (AvgIpc) is 3.35. The molecule has 42 heavy (non-hydrogen) atoms. The van der Waals surface area contributed by atoms with Crippen LogP contribution < -0.4 is 10.3 Å². The lowest BCUT2D eigenvalue weighted by Crippen LogP contribution is -2.21. The van der Waals surface area contributed by atoms with E-state index in [4.69, 9.17) is 24.5 Å². The van der Waals surface area contributed by atoms with Crippen LogP contribution in [-0.4, -0.2) is 45.0 Å². The summed E-state index contributed by atoms with van der Waals surface area (Å²) in [7, 11) is 3.03. The molecule has 1 N–H and O–H groups in total. The zero-order valence-electron chi connectivity index (χ0n) is 23.0. The Kier molecular flexibility index (Phi) is 8.68. The predicted octanol–water partition coefficient (Wildman–Crippen LogP) is 4.18. The van der Waals surface area contributed by atoms with Crippen LogP contribution in [0.2, 0.25) is 0 Å². The highest BCUT2D eigenvalue weighted by Gasteiger charge is 2.16. The van der Waals surface area contributed by atoms with Crippen LogP contribution in [0.15, 0.2) is 77.7 Å². The van der Waals surface area contributed by atoms with E-state index in [9.17, 15) is 9.90 Å². The number of nitrogens with zero attached hydrogens (tertiary/aromatic N) is 5. The van der Waals surface area contributed by atoms with E-state index in [0.29, 0.717) is 41.4 Å². The third-order valence-electron chi connectivity index (χ3n) is 6.78. The van der Waals surface area contributed by atoms with Gasteiger partial charge < -0.3 is 23.9 Å². The van der Waals surface area contributed by atoms with Gasteiger partial charge in [0.2, 0.25) is 5.88 Å². The molecule has 0 spiro atoms. The highest BCUT2D eigenvalue weighted by molar-refractivity contribution is 5.77. The van der Waals surface area contributed by atoms with Gasteiger partial charge in [0, 0.05) is 56.6 Å². The number of ether oxygens (including phenoxy) is 3. The number of aromatic nitrogens is 4. The van der Waals surface area contributed by atoms with Gasteiger partial charge in [0.1, 0.15) is 11.6 Å². The highest BCUT2D eigenvalue weighted by Crippen LogP contribution is 2.26. The summed E-state index contributed by atoms with van der Waals surface area (Å²) in [5, 5.41) is 19.1. The summed E-state index contributed by atoms with van der Waals surface area (Å²) in [6.45, 7) is 0.838. The van der Waals surface area contributed by atoms with E-state index in [0.717, 1.165) is 11.0 Å².